The molecule has 1 aliphatic heterocycles. The number of carboxylic acid groups (broad SMARTS) is 1. The Labute approximate surface area is 226 Å². The van der Waals surface area contributed by atoms with E-state index in [2.05, 4.69) is 15.2 Å². The zero-order chi connectivity index (χ0) is 28.6. The van der Waals surface area contributed by atoms with Crippen LogP contribution < -0.4 is 10.2 Å². The Hall–Kier alpha value is -4.47. The van der Waals surface area contributed by atoms with Crippen molar-refractivity contribution in [2.45, 2.75) is 37.6 Å². The zero-order valence-electron chi connectivity index (χ0n) is 21.1. The molecule has 5 atom stereocenters. The van der Waals surface area contributed by atoms with E-state index >= 15 is 0 Å². The first-order valence-corrected chi connectivity index (χ1v) is 12.1. The van der Waals surface area contributed by atoms with Crippen molar-refractivity contribution in [1.29, 1.82) is 5.41 Å². The Morgan fingerprint density at radius 3 is 2.45 bits per heavy atom. The molecule has 14 heteroatoms. The lowest BCUT2D eigenvalue weighted by Gasteiger charge is -2.39. The third-order valence-electron chi connectivity index (χ3n) is 6.46. The monoisotopic (exact) mass is 550 g/mol. The number of aliphatic hydroxyl groups excluding tert-OH is 4. The van der Waals surface area contributed by atoms with Crippen molar-refractivity contribution in [3.63, 3.8) is 0 Å². The molecule has 0 spiro atoms. The molecule has 6 N–H and O–H groups in total. The summed E-state index contributed by atoms with van der Waals surface area (Å²) in [7, 11) is 0. The summed E-state index contributed by atoms with van der Waals surface area (Å²) < 4.78 is 13.8. The number of aromatic carboxylic acids is 1. The Kier molecular flexibility index (Phi) is 7.42. The summed E-state index contributed by atoms with van der Waals surface area (Å²) >= 11 is 0. The summed E-state index contributed by atoms with van der Waals surface area (Å²) in [5.41, 5.74) is 2.42. The summed E-state index contributed by atoms with van der Waals surface area (Å²) in [6.45, 7) is 1.18. The van der Waals surface area contributed by atoms with Gasteiger partial charge < -0.3 is 35.0 Å². The average molecular weight is 551 g/mol. The molecule has 14 nitrogen and oxygen atoms in total. The van der Waals surface area contributed by atoms with E-state index in [1.54, 1.807) is 43.3 Å². The lowest BCUT2D eigenvalue weighted by molar-refractivity contribution is -0.277. The van der Waals surface area contributed by atoms with Crippen LogP contribution in [0.2, 0.25) is 0 Å². The van der Waals surface area contributed by atoms with Crippen LogP contribution in [0.3, 0.4) is 0 Å². The van der Waals surface area contributed by atoms with Crippen LogP contribution in [-0.4, -0.2) is 94.5 Å². The fraction of sp³-hybridized carbons (Fsp3) is 0.269. The first-order chi connectivity index (χ1) is 19.2. The predicted octanol–water partition coefficient (Wildman–Crippen LogP) is -0.231. The number of rotatable bonds is 7. The van der Waals surface area contributed by atoms with Crippen molar-refractivity contribution >= 4 is 23.2 Å². The molecular formula is C26H26N6O8. The van der Waals surface area contributed by atoms with E-state index in [1.165, 1.54) is 34.0 Å². The van der Waals surface area contributed by atoms with Crippen LogP contribution in [0, 0.1) is 12.3 Å². The predicted molar refractivity (Wildman–Crippen MR) is 138 cm³/mol. The first kappa shape index (κ1) is 27.1. The van der Waals surface area contributed by atoms with Crippen molar-refractivity contribution in [1.82, 2.24) is 19.4 Å². The Morgan fingerprint density at radius 1 is 1.10 bits per heavy atom. The van der Waals surface area contributed by atoms with Gasteiger partial charge in [-0.2, -0.15) is 10.2 Å². The second kappa shape index (κ2) is 11.0. The fourth-order valence-corrected chi connectivity index (χ4v) is 4.27. The lowest BCUT2D eigenvalue weighted by atomic mass is 9.99. The van der Waals surface area contributed by atoms with Gasteiger partial charge in [0.2, 0.25) is 6.29 Å². The van der Waals surface area contributed by atoms with Crippen molar-refractivity contribution in [2.75, 3.05) is 6.61 Å². The molecule has 3 heterocycles. The van der Waals surface area contributed by atoms with Gasteiger partial charge in [-0.15, -0.1) is 0 Å². The Bertz CT molecular complexity index is 1610. The number of carboxylic acids is 1. The number of fused-ring (bicyclic) bond motifs is 1. The number of aromatic nitrogens is 4. The van der Waals surface area contributed by atoms with Crippen LogP contribution in [0.1, 0.15) is 21.6 Å². The third kappa shape index (κ3) is 5.09. The largest absolute Gasteiger partial charge is 0.478 e. The molecule has 2 aromatic heterocycles. The van der Waals surface area contributed by atoms with Gasteiger partial charge in [0.1, 0.15) is 36.5 Å². The molecule has 40 heavy (non-hydrogen) atoms. The zero-order valence-corrected chi connectivity index (χ0v) is 21.1. The SMILES string of the molecule is Cc1nn(-c2ccc(C(=O)O)cc2)c2ncn(N=Cc3ccc(OC4OC(CO)C(O)C(O)C4O)cc3)c(=N)c12. The van der Waals surface area contributed by atoms with Gasteiger partial charge >= 0.3 is 5.97 Å². The minimum atomic E-state index is -1.54. The number of nitrogens with one attached hydrogen (secondary N) is 1. The van der Waals surface area contributed by atoms with Gasteiger partial charge in [-0.1, -0.05) is 0 Å². The van der Waals surface area contributed by atoms with Gasteiger partial charge in [0.25, 0.3) is 0 Å². The van der Waals surface area contributed by atoms with E-state index in [4.69, 9.17) is 20.0 Å². The minimum Gasteiger partial charge on any atom is -0.478 e. The smallest absolute Gasteiger partial charge is 0.335 e. The number of carbonyl (C=O) groups is 1. The molecule has 0 aliphatic carbocycles. The molecule has 2 aromatic carbocycles. The molecule has 0 saturated carbocycles. The quantitative estimate of drug-likeness (QED) is 0.167. The van der Waals surface area contributed by atoms with Crippen LogP contribution in [-0.2, 0) is 4.74 Å². The van der Waals surface area contributed by atoms with Crippen LogP contribution in [0.15, 0.2) is 60.0 Å². The van der Waals surface area contributed by atoms with Gasteiger partial charge in [-0.3, -0.25) is 5.41 Å². The average Bonchev–Trinajstić information content (AvgIpc) is 3.30. The standard InChI is InChI=1S/C26H26N6O8/c1-13-19-23(27)31(12-28-24(19)32(30-13)16-6-4-15(5-7-16)25(37)38)29-10-14-2-8-17(9-3-14)39-26-22(36)21(35)20(34)18(11-33)40-26/h2-10,12,18,20-22,26-27,33-36H,11H2,1H3,(H,37,38). The number of nitrogens with zero attached hydrogens (tertiary/aromatic N) is 5. The summed E-state index contributed by atoms with van der Waals surface area (Å²) in [4.78, 5) is 15.6. The maximum atomic E-state index is 11.1. The van der Waals surface area contributed by atoms with Gasteiger partial charge in [0.05, 0.1) is 35.2 Å². The summed E-state index contributed by atoms with van der Waals surface area (Å²) in [5, 5.41) is 66.3. The Morgan fingerprint density at radius 2 is 1.80 bits per heavy atom. The molecule has 4 aromatic rings. The molecule has 1 aliphatic rings. The van der Waals surface area contributed by atoms with Crippen molar-refractivity contribution in [3.05, 3.63) is 77.2 Å². The van der Waals surface area contributed by atoms with Gasteiger partial charge in [-0.25, -0.2) is 19.1 Å². The number of aryl methyl sites for hydroxylation is 1. The highest BCUT2D eigenvalue weighted by atomic mass is 16.7. The highest BCUT2D eigenvalue weighted by Gasteiger charge is 2.44. The molecule has 0 radical (unpaired) electrons. The fourth-order valence-electron chi connectivity index (χ4n) is 4.27. The van der Waals surface area contributed by atoms with Crippen LogP contribution in [0.5, 0.6) is 5.75 Å². The molecule has 5 rings (SSSR count). The topological polar surface area (TPSA) is 209 Å². The number of hydrogen-bond acceptors (Lipinski definition) is 11. The molecule has 208 valence electrons. The molecule has 5 unspecified atom stereocenters. The second-order valence-electron chi connectivity index (χ2n) is 9.11. The molecular weight excluding hydrogens is 524 g/mol. The van der Waals surface area contributed by atoms with Crippen LogP contribution in [0.25, 0.3) is 16.7 Å². The summed E-state index contributed by atoms with van der Waals surface area (Å²) in [6.07, 6.45) is -4.04. The highest BCUT2D eigenvalue weighted by Crippen LogP contribution is 2.24. The van der Waals surface area contributed by atoms with E-state index in [1.807, 2.05) is 0 Å². The normalized spacial score (nSPS) is 23.1. The number of benzene rings is 2. The minimum absolute atomic E-state index is 0.0507. The molecule has 0 bridgehead atoms. The van der Waals surface area contributed by atoms with E-state index in [-0.39, 0.29) is 11.1 Å². The van der Waals surface area contributed by atoms with Crippen molar-refractivity contribution in [3.8, 4) is 11.4 Å². The van der Waals surface area contributed by atoms with Crippen molar-refractivity contribution in [2.24, 2.45) is 5.10 Å². The van der Waals surface area contributed by atoms with Gasteiger partial charge in [-0.05, 0) is 61.0 Å². The third-order valence-corrected chi connectivity index (χ3v) is 6.46. The summed E-state index contributed by atoms with van der Waals surface area (Å²) in [6, 6.07) is 12.7. The maximum Gasteiger partial charge on any atom is 0.335 e. The highest BCUT2D eigenvalue weighted by molar-refractivity contribution is 5.88. The first-order valence-electron chi connectivity index (χ1n) is 12.1. The van der Waals surface area contributed by atoms with E-state index in [0.29, 0.717) is 33.7 Å². The summed E-state index contributed by atoms with van der Waals surface area (Å²) in [5.74, 6) is -0.729. The number of hydrogen-bond donors (Lipinski definition) is 6. The Balaban J connectivity index is 1.33. The lowest BCUT2D eigenvalue weighted by Crippen LogP contribution is -2.60. The number of ether oxygens (including phenoxy) is 2. The van der Waals surface area contributed by atoms with Gasteiger partial charge in [0.15, 0.2) is 11.1 Å². The van der Waals surface area contributed by atoms with E-state index < -0.39 is 43.3 Å². The van der Waals surface area contributed by atoms with E-state index in [0.717, 1.165) is 0 Å². The van der Waals surface area contributed by atoms with Crippen LogP contribution >= 0.6 is 0 Å². The molecule has 1 saturated heterocycles. The maximum absolute atomic E-state index is 11.1. The number of aliphatic hydroxyl groups is 4. The van der Waals surface area contributed by atoms with Gasteiger partial charge in [0, 0.05) is 0 Å². The van der Waals surface area contributed by atoms with E-state index in [9.17, 15) is 25.2 Å². The van der Waals surface area contributed by atoms with Crippen molar-refractivity contribution < 1.29 is 39.8 Å². The second-order valence-corrected chi connectivity index (χ2v) is 9.11. The molecule has 1 fully saturated rings. The molecule has 0 amide bonds. The van der Waals surface area contributed by atoms with Crippen LogP contribution in [0.4, 0.5) is 0 Å².